The Balaban J connectivity index is 1.69. The Labute approximate surface area is 154 Å². The van der Waals surface area contributed by atoms with Gasteiger partial charge in [0.2, 0.25) is 0 Å². The number of ether oxygens (including phenoxy) is 2. The normalized spacial score (nSPS) is 10.8. The number of nitrogens with zero attached hydrogens (tertiary/aromatic N) is 1. The predicted molar refractivity (Wildman–Crippen MR) is 105 cm³/mol. The van der Waals surface area contributed by atoms with Crippen LogP contribution in [0.1, 0.15) is 10.4 Å². The molecule has 0 radical (unpaired) electrons. The molecular weight excluding hydrogens is 348 g/mol. The molecule has 0 spiro atoms. The third-order valence-corrected chi connectivity index (χ3v) is 5.09. The number of fused-ring (bicyclic) bond motifs is 3. The molecule has 0 saturated heterocycles. The highest BCUT2D eigenvalue weighted by atomic mass is 32.1. The van der Waals surface area contributed by atoms with Gasteiger partial charge in [-0.05, 0) is 23.6 Å². The SMILES string of the molecule is COc1ccc(C(=O)Nc2nc3c(ccc4ccccc43)s2)c(OC)c1. The number of benzene rings is 3. The fraction of sp³-hybridized carbons (Fsp3) is 0.100. The third kappa shape index (κ3) is 2.84. The summed E-state index contributed by atoms with van der Waals surface area (Å²) in [6.45, 7) is 0. The number of rotatable bonds is 4. The summed E-state index contributed by atoms with van der Waals surface area (Å²) in [6.07, 6.45) is 0. The van der Waals surface area contributed by atoms with Crippen molar-refractivity contribution < 1.29 is 14.3 Å². The maximum Gasteiger partial charge on any atom is 0.261 e. The molecule has 0 unspecified atom stereocenters. The Morgan fingerprint density at radius 2 is 1.88 bits per heavy atom. The van der Waals surface area contributed by atoms with Gasteiger partial charge in [-0.2, -0.15) is 0 Å². The van der Waals surface area contributed by atoms with Crippen molar-refractivity contribution in [3.63, 3.8) is 0 Å². The molecule has 4 aromatic rings. The maximum absolute atomic E-state index is 12.7. The van der Waals surface area contributed by atoms with Gasteiger partial charge in [-0.25, -0.2) is 4.98 Å². The molecule has 26 heavy (non-hydrogen) atoms. The smallest absolute Gasteiger partial charge is 0.261 e. The van der Waals surface area contributed by atoms with Crippen molar-refractivity contribution in [1.29, 1.82) is 0 Å². The summed E-state index contributed by atoms with van der Waals surface area (Å²) in [6, 6.07) is 17.2. The number of nitrogens with one attached hydrogen (secondary N) is 1. The number of anilines is 1. The van der Waals surface area contributed by atoms with Gasteiger partial charge < -0.3 is 9.47 Å². The van der Waals surface area contributed by atoms with Crippen LogP contribution in [0.5, 0.6) is 11.5 Å². The molecule has 0 aliphatic rings. The highest BCUT2D eigenvalue weighted by molar-refractivity contribution is 7.22. The summed E-state index contributed by atoms with van der Waals surface area (Å²) in [5.74, 6) is 0.811. The minimum Gasteiger partial charge on any atom is -0.497 e. The van der Waals surface area contributed by atoms with E-state index in [1.165, 1.54) is 18.4 Å². The van der Waals surface area contributed by atoms with Crippen molar-refractivity contribution in [2.75, 3.05) is 19.5 Å². The average molecular weight is 364 g/mol. The summed E-state index contributed by atoms with van der Waals surface area (Å²) in [4.78, 5) is 17.3. The van der Waals surface area contributed by atoms with E-state index in [9.17, 15) is 4.79 Å². The topological polar surface area (TPSA) is 60.5 Å². The van der Waals surface area contributed by atoms with Crippen molar-refractivity contribution in [3.8, 4) is 11.5 Å². The summed E-state index contributed by atoms with van der Waals surface area (Å²) < 4.78 is 11.5. The molecule has 1 N–H and O–H groups in total. The Hall–Kier alpha value is -3.12. The number of aromatic nitrogens is 1. The number of hydrogen-bond acceptors (Lipinski definition) is 5. The van der Waals surface area contributed by atoms with Crippen LogP contribution in [0.25, 0.3) is 21.0 Å². The Morgan fingerprint density at radius 1 is 1.04 bits per heavy atom. The molecule has 0 bridgehead atoms. The van der Waals surface area contributed by atoms with Crippen LogP contribution in [0.15, 0.2) is 54.6 Å². The highest BCUT2D eigenvalue weighted by Crippen LogP contribution is 2.32. The quantitative estimate of drug-likeness (QED) is 0.569. The molecule has 3 aromatic carbocycles. The molecule has 0 atom stereocenters. The summed E-state index contributed by atoms with van der Waals surface area (Å²) >= 11 is 1.45. The zero-order chi connectivity index (χ0) is 18.1. The monoisotopic (exact) mass is 364 g/mol. The number of thiazole rings is 1. The van der Waals surface area contributed by atoms with Gasteiger partial charge in [0.1, 0.15) is 11.5 Å². The lowest BCUT2D eigenvalue weighted by Crippen LogP contribution is -2.13. The first kappa shape index (κ1) is 16.4. The first-order valence-corrected chi connectivity index (χ1v) is 8.83. The zero-order valence-electron chi connectivity index (χ0n) is 14.3. The van der Waals surface area contributed by atoms with Crippen molar-refractivity contribution in [3.05, 3.63) is 60.2 Å². The van der Waals surface area contributed by atoms with E-state index in [0.717, 1.165) is 21.0 Å². The lowest BCUT2D eigenvalue weighted by Gasteiger charge is -2.09. The van der Waals surface area contributed by atoms with E-state index in [1.54, 1.807) is 25.3 Å². The summed E-state index contributed by atoms with van der Waals surface area (Å²) in [5, 5.41) is 5.62. The van der Waals surface area contributed by atoms with Crippen LogP contribution in [0.3, 0.4) is 0 Å². The van der Waals surface area contributed by atoms with Crippen LogP contribution in [-0.4, -0.2) is 25.1 Å². The fourth-order valence-corrected chi connectivity index (χ4v) is 3.74. The third-order valence-electron chi connectivity index (χ3n) is 4.16. The molecule has 0 fully saturated rings. The van der Waals surface area contributed by atoms with E-state index in [4.69, 9.17) is 9.47 Å². The van der Waals surface area contributed by atoms with Gasteiger partial charge in [0, 0.05) is 11.5 Å². The standard InChI is InChI=1S/C20H16N2O3S/c1-24-13-8-9-15(16(11-13)25-2)19(23)22-20-21-18-14-6-4-3-5-12(14)7-10-17(18)26-20/h3-11H,1-2H3,(H,21,22,23). The Morgan fingerprint density at radius 3 is 2.69 bits per heavy atom. The Bertz CT molecular complexity index is 1120. The van der Waals surface area contributed by atoms with Gasteiger partial charge in [-0.15, -0.1) is 0 Å². The molecule has 5 nitrogen and oxygen atoms in total. The van der Waals surface area contributed by atoms with Gasteiger partial charge in [-0.3, -0.25) is 10.1 Å². The maximum atomic E-state index is 12.7. The molecule has 1 aromatic heterocycles. The van der Waals surface area contributed by atoms with Crippen LogP contribution in [0.2, 0.25) is 0 Å². The van der Waals surface area contributed by atoms with Crippen molar-refractivity contribution >= 4 is 43.4 Å². The fourth-order valence-electron chi connectivity index (χ4n) is 2.87. The first-order chi connectivity index (χ1) is 12.7. The highest BCUT2D eigenvalue weighted by Gasteiger charge is 2.16. The van der Waals surface area contributed by atoms with Crippen LogP contribution >= 0.6 is 11.3 Å². The summed E-state index contributed by atoms with van der Waals surface area (Å²) in [5.41, 5.74) is 1.32. The van der Waals surface area contributed by atoms with Crippen LogP contribution in [0, 0.1) is 0 Å². The van der Waals surface area contributed by atoms with Crippen LogP contribution in [0.4, 0.5) is 5.13 Å². The number of carbonyl (C=O) groups excluding carboxylic acids is 1. The van der Waals surface area contributed by atoms with Gasteiger partial charge in [0.15, 0.2) is 5.13 Å². The first-order valence-electron chi connectivity index (χ1n) is 8.01. The van der Waals surface area contributed by atoms with Gasteiger partial charge in [0.05, 0.1) is 30.0 Å². The van der Waals surface area contributed by atoms with E-state index in [2.05, 4.69) is 22.4 Å². The van der Waals surface area contributed by atoms with Gasteiger partial charge >= 0.3 is 0 Å². The molecule has 130 valence electrons. The second-order valence-electron chi connectivity index (χ2n) is 5.67. The predicted octanol–water partition coefficient (Wildman–Crippen LogP) is 4.72. The largest absolute Gasteiger partial charge is 0.497 e. The van der Waals surface area contributed by atoms with Crippen LogP contribution < -0.4 is 14.8 Å². The van der Waals surface area contributed by atoms with E-state index in [1.807, 2.05) is 24.3 Å². The molecule has 1 amide bonds. The molecule has 1 heterocycles. The summed E-state index contributed by atoms with van der Waals surface area (Å²) in [7, 11) is 3.09. The number of hydrogen-bond donors (Lipinski definition) is 1. The Kier molecular flexibility index (Phi) is 4.18. The van der Waals surface area contributed by atoms with Gasteiger partial charge in [-0.1, -0.05) is 41.7 Å². The average Bonchev–Trinajstić information content (AvgIpc) is 3.10. The van der Waals surface area contributed by atoms with Crippen LogP contribution in [-0.2, 0) is 0 Å². The van der Waals surface area contributed by atoms with E-state index >= 15 is 0 Å². The van der Waals surface area contributed by atoms with Crippen molar-refractivity contribution in [2.45, 2.75) is 0 Å². The molecular formula is C20H16N2O3S. The number of carbonyl (C=O) groups is 1. The second-order valence-corrected chi connectivity index (χ2v) is 6.70. The van der Waals surface area contributed by atoms with Crippen molar-refractivity contribution in [1.82, 2.24) is 4.98 Å². The van der Waals surface area contributed by atoms with Gasteiger partial charge in [0.25, 0.3) is 5.91 Å². The molecule has 0 saturated carbocycles. The molecule has 0 aliphatic heterocycles. The minimum atomic E-state index is -0.270. The molecule has 4 rings (SSSR count). The number of methoxy groups -OCH3 is 2. The molecule has 0 aliphatic carbocycles. The second kappa shape index (κ2) is 6.65. The molecule has 6 heteroatoms. The van der Waals surface area contributed by atoms with E-state index in [0.29, 0.717) is 22.2 Å². The lowest BCUT2D eigenvalue weighted by atomic mass is 10.1. The van der Waals surface area contributed by atoms with Crippen molar-refractivity contribution in [2.24, 2.45) is 0 Å². The minimum absolute atomic E-state index is 0.270. The lowest BCUT2D eigenvalue weighted by molar-refractivity contribution is 0.102. The zero-order valence-corrected chi connectivity index (χ0v) is 15.1. The van der Waals surface area contributed by atoms with E-state index in [-0.39, 0.29) is 5.91 Å². The van der Waals surface area contributed by atoms with E-state index < -0.39 is 0 Å². The number of amides is 1.